The minimum Gasteiger partial charge on any atom is -0.357 e. The summed E-state index contributed by atoms with van der Waals surface area (Å²) < 4.78 is 25.5. The maximum Gasteiger partial charge on any atom is 0.213 e. The van der Waals surface area contributed by atoms with E-state index in [1.807, 2.05) is 26.0 Å². The summed E-state index contributed by atoms with van der Waals surface area (Å²) in [6.07, 6.45) is 3.35. The summed E-state index contributed by atoms with van der Waals surface area (Å²) in [4.78, 5) is 8.99. The van der Waals surface area contributed by atoms with Gasteiger partial charge in [0.05, 0.1) is 18.0 Å². The van der Waals surface area contributed by atoms with E-state index >= 15 is 0 Å². The first-order valence-electron chi connectivity index (χ1n) is 8.89. The topological polar surface area (TPSA) is 86.7 Å². The fourth-order valence-electron chi connectivity index (χ4n) is 2.81. The van der Waals surface area contributed by atoms with Gasteiger partial charge in [0.1, 0.15) is 0 Å². The second kappa shape index (κ2) is 9.15. The van der Waals surface area contributed by atoms with Gasteiger partial charge in [-0.15, -0.1) is 0 Å². The highest BCUT2D eigenvalue weighted by Gasteiger charge is 2.26. The molecule has 0 saturated carbocycles. The van der Waals surface area contributed by atoms with Crippen LogP contribution in [0.1, 0.15) is 37.9 Å². The van der Waals surface area contributed by atoms with E-state index in [9.17, 15) is 8.42 Å². The van der Waals surface area contributed by atoms with Crippen molar-refractivity contribution in [1.29, 1.82) is 0 Å². The highest BCUT2D eigenvalue weighted by atomic mass is 32.2. The monoisotopic (exact) mass is 367 g/mol. The average molecular weight is 368 g/mol. The number of hydrogen-bond acceptors (Lipinski definition) is 4. The number of piperidine rings is 1. The largest absolute Gasteiger partial charge is 0.357 e. The first kappa shape index (κ1) is 19.7. The number of aryl methyl sites for hydroxylation is 1. The predicted molar refractivity (Wildman–Crippen MR) is 101 cm³/mol. The lowest BCUT2D eigenvalue weighted by Crippen LogP contribution is -2.50. The van der Waals surface area contributed by atoms with Crippen LogP contribution < -0.4 is 10.6 Å². The molecule has 0 spiro atoms. The highest BCUT2D eigenvalue weighted by Crippen LogP contribution is 2.14. The standard InChI is InChI=1S/C17H29N5O2S/c1-4-18-17(20-13-16-14(3)7-6-10-19-16)21-15-8-11-22(12-9-15)25(23,24)5-2/h6-7,10,15H,4-5,8-9,11-13H2,1-3H3,(H2,18,20,21). The molecule has 1 aliphatic heterocycles. The molecule has 8 heteroatoms. The normalized spacial score (nSPS) is 17.5. The number of sulfonamides is 1. The summed E-state index contributed by atoms with van der Waals surface area (Å²) in [7, 11) is -3.08. The van der Waals surface area contributed by atoms with Crippen molar-refractivity contribution in [3.05, 3.63) is 29.6 Å². The van der Waals surface area contributed by atoms with Gasteiger partial charge in [-0.25, -0.2) is 17.7 Å². The average Bonchev–Trinajstić information content (AvgIpc) is 2.61. The lowest BCUT2D eigenvalue weighted by molar-refractivity contribution is 0.306. The van der Waals surface area contributed by atoms with Crippen LogP contribution in [0.2, 0.25) is 0 Å². The number of rotatable bonds is 6. The minimum absolute atomic E-state index is 0.165. The van der Waals surface area contributed by atoms with Gasteiger partial charge in [0.15, 0.2) is 5.96 Å². The molecule has 140 valence electrons. The van der Waals surface area contributed by atoms with Crippen molar-refractivity contribution in [3.8, 4) is 0 Å². The molecule has 2 heterocycles. The van der Waals surface area contributed by atoms with Gasteiger partial charge >= 0.3 is 0 Å². The number of aliphatic imine (C=N–C) groups is 1. The Morgan fingerprint density at radius 1 is 1.36 bits per heavy atom. The van der Waals surface area contributed by atoms with Crippen LogP contribution in [0.25, 0.3) is 0 Å². The maximum atomic E-state index is 11.9. The molecule has 1 aliphatic rings. The fourth-order valence-corrected chi connectivity index (χ4v) is 3.94. The molecule has 0 aromatic carbocycles. The van der Waals surface area contributed by atoms with Crippen molar-refractivity contribution in [1.82, 2.24) is 19.9 Å². The van der Waals surface area contributed by atoms with Gasteiger partial charge in [-0.05, 0) is 45.2 Å². The van der Waals surface area contributed by atoms with Crippen LogP contribution in [0, 0.1) is 6.92 Å². The number of nitrogens with one attached hydrogen (secondary N) is 2. The quantitative estimate of drug-likeness (QED) is 0.584. The van der Waals surface area contributed by atoms with E-state index in [1.165, 1.54) is 0 Å². The van der Waals surface area contributed by atoms with Crippen LogP contribution in [0.5, 0.6) is 0 Å². The van der Waals surface area contributed by atoms with Gasteiger partial charge < -0.3 is 10.6 Å². The Bertz CT molecular complexity index is 682. The number of pyridine rings is 1. The number of aromatic nitrogens is 1. The lowest BCUT2D eigenvalue weighted by Gasteiger charge is -2.32. The first-order valence-corrected chi connectivity index (χ1v) is 10.5. The molecule has 0 radical (unpaired) electrons. The molecule has 1 aromatic heterocycles. The van der Waals surface area contributed by atoms with Crippen molar-refractivity contribution >= 4 is 16.0 Å². The molecule has 1 fully saturated rings. The molecule has 1 saturated heterocycles. The van der Waals surface area contributed by atoms with Crippen molar-refractivity contribution in [2.45, 2.75) is 46.2 Å². The fraction of sp³-hybridized carbons (Fsp3) is 0.647. The molecule has 7 nitrogen and oxygen atoms in total. The predicted octanol–water partition coefficient (Wildman–Crippen LogP) is 1.26. The summed E-state index contributed by atoms with van der Waals surface area (Å²) in [5, 5.41) is 6.68. The Morgan fingerprint density at radius 2 is 2.08 bits per heavy atom. The zero-order chi connectivity index (χ0) is 18.3. The molecular formula is C17H29N5O2S. The molecule has 0 amide bonds. The number of guanidine groups is 1. The van der Waals surface area contributed by atoms with Gasteiger partial charge in [0, 0.05) is 31.9 Å². The Morgan fingerprint density at radius 3 is 2.68 bits per heavy atom. The van der Waals surface area contributed by atoms with Gasteiger partial charge in [-0.2, -0.15) is 0 Å². The summed E-state index contributed by atoms with van der Waals surface area (Å²) in [6, 6.07) is 4.18. The molecule has 2 N–H and O–H groups in total. The van der Waals surface area contributed by atoms with Gasteiger partial charge in [-0.3, -0.25) is 4.98 Å². The van der Waals surface area contributed by atoms with E-state index in [-0.39, 0.29) is 11.8 Å². The van der Waals surface area contributed by atoms with Crippen LogP contribution in [-0.2, 0) is 16.6 Å². The van der Waals surface area contributed by atoms with Crippen molar-refractivity contribution < 1.29 is 8.42 Å². The van der Waals surface area contributed by atoms with E-state index in [4.69, 9.17) is 0 Å². The van der Waals surface area contributed by atoms with E-state index in [2.05, 4.69) is 20.6 Å². The molecular weight excluding hydrogens is 338 g/mol. The van der Waals surface area contributed by atoms with E-state index in [0.717, 1.165) is 36.6 Å². The molecule has 0 unspecified atom stereocenters. The molecule has 0 atom stereocenters. The van der Waals surface area contributed by atoms with Gasteiger partial charge in [-0.1, -0.05) is 6.07 Å². The second-order valence-corrected chi connectivity index (χ2v) is 8.44. The van der Waals surface area contributed by atoms with E-state index < -0.39 is 10.0 Å². The van der Waals surface area contributed by atoms with Crippen LogP contribution in [-0.4, -0.2) is 55.1 Å². The van der Waals surface area contributed by atoms with Gasteiger partial charge in [0.2, 0.25) is 10.0 Å². The van der Waals surface area contributed by atoms with Gasteiger partial charge in [0.25, 0.3) is 0 Å². The third kappa shape index (κ3) is 5.67. The first-order chi connectivity index (χ1) is 12.0. The molecule has 25 heavy (non-hydrogen) atoms. The highest BCUT2D eigenvalue weighted by molar-refractivity contribution is 7.89. The third-order valence-electron chi connectivity index (χ3n) is 4.40. The Balaban J connectivity index is 1.94. The van der Waals surface area contributed by atoms with E-state index in [1.54, 1.807) is 17.4 Å². The molecule has 0 aliphatic carbocycles. The lowest BCUT2D eigenvalue weighted by atomic mass is 10.1. The number of nitrogens with zero attached hydrogens (tertiary/aromatic N) is 3. The summed E-state index contributed by atoms with van der Waals surface area (Å²) in [5.41, 5.74) is 2.09. The summed E-state index contributed by atoms with van der Waals surface area (Å²) in [5.74, 6) is 0.919. The Labute approximate surface area is 151 Å². The van der Waals surface area contributed by atoms with Crippen LogP contribution >= 0.6 is 0 Å². The molecule has 2 rings (SSSR count). The number of hydrogen-bond donors (Lipinski definition) is 2. The van der Waals surface area contributed by atoms with Crippen molar-refractivity contribution in [3.63, 3.8) is 0 Å². The van der Waals surface area contributed by atoms with Crippen LogP contribution in [0.4, 0.5) is 0 Å². The Hall–Kier alpha value is -1.67. The third-order valence-corrected chi connectivity index (χ3v) is 6.28. The Kier molecular flexibility index (Phi) is 7.19. The summed E-state index contributed by atoms with van der Waals surface area (Å²) >= 11 is 0. The smallest absolute Gasteiger partial charge is 0.213 e. The van der Waals surface area contributed by atoms with Crippen molar-refractivity contribution in [2.24, 2.45) is 4.99 Å². The van der Waals surface area contributed by atoms with Crippen LogP contribution in [0.15, 0.2) is 23.3 Å². The molecule has 1 aromatic rings. The van der Waals surface area contributed by atoms with E-state index in [0.29, 0.717) is 19.6 Å². The second-order valence-electron chi connectivity index (χ2n) is 6.18. The zero-order valence-electron chi connectivity index (χ0n) is 15.3. The SMILES string of the molecule is CCNC(=NCc1ncccc1C)NC1CCN(S(=O)(=O)CC)CC1. The van der Waals surface area contributed by atoms with Crippen molar-refractivity contribution in [2.75, 3.05) is 25.4 Å². The minimum atomic E-state index is -3.08. The molecule has 0 bridgehead atoms. The zero-order valence-corrected chi connectivity index (χ0v) is 16.1. The maximum absolute atomic E-state index is 11.9. The summed E-state index contributed by atoms with van der Waals surface area (Å²) in [6.45, 7) is 8.16. The van der Waals surface area contributed by atoms with Crippen LogP contribution in [0.3, 0.4) is 0 Å².